The summed E-state index contributed by atoms with van der Waals surface area (Å²) in [7, 11) is 0. The third kappa shape index (κ3) is 6.42. The molecular weight excluding hydrogens is 170 g/mol. The summed E-state index contributed by atoms with van der Waals surface area (Å²) in [4.78, 5) is 0. The lowest BCUT2D eigenvalue weighted by molar-refractivity contribution is 0.314. The van der Waals surface area contributed by atoms with Gasteiger partial charge >= 0.3 is 0 Å². The van der Waals surface area contributed by atoms with E-state index in [9.17, 15) is 0 Å². The number of nitrogens with one attached hydrogen (secondary N) is 1. The first-order valence-electron chi connectivity index (χ1n) is 6.14. The van der Waals surface area contributed by atoms with Crippen LogP contribution in [0, 0.1) is 11.3 Å². The first-order valence-corrected chi connectivity index (χ1v) is 6.14. The van der Waals surface area contributed by atoms with Crippen LogP contribution in [0.25, 0.3) is 0 Å². The molecule has 0 aromatic heterocycles. The molecular formula is C13H29N. The zero-order valence-corrected chi connectivity index (χ0v) is 11.0. The normalized spacial score (nSPS) is 14.8. The second kappa shape index (κ2) is 6.44. The molecule has 0 aliphatic rings. The van der Waals surface area contributed by atoms with Crippen LogP contribution >= 0.6 is 0 Å². The Bertz CT molecular complexity index is 131. The summed E-state index contributed by atoms with van der Waals surface area (Å²) >= 11 is 0. The van der Waals surface area contributed by atoms with Gasteiger partial charge in [0.25, 0.3) is 0 Å². The van der Waals surface area contributed by atoms with Crippen molar-refractivity contribution in [3.05, 3.63) is 0 Å². The van der Waals surface area contributed by atoms with Crippen molar-refractivity contribution in [3.8, 4) is 0 Å². The van der Waals surface area contributed by atoms with Gasteiger partial charge in [0.15, 0.2) is 0 Å². The van der Waals surface area contributed by atoms with Crippen LogP contribution < -0.4 is 5.32 Å². The molecule has 0 saturated carbocycles. The van der Waals surface area contributed by atoms with Gasteiger partial charge in [-0.15, -0.1) is 0 Å². The van der Waals surface area contributed by atoms with Crippen molar-refractivity contribution in [1.82, 2.24) is 5.32 Å². The largest absolute Gasteiger partial charge is 0.314 e. The van der Waals surface area contributed by atoms with Crippen molar-refractivity contribution < 1.29 is 0 Å². The predicted molar refractivity (Wildman–Crippen MR) is 65.6 cm³/mol. The number of hydrogen-bond donors (Lipinski definition) is 1. The number of hydrogen-bond acceptors (Lipinski definition) is 1. The average Bonchev–Trinajstić information content (AvgIpc) is 2.04. The van der Waals surface area contributed by atoms with Crippen molar-refractivity contribution in [2.24, 2.45) is 11.3 Å². The van der Waals surface area contributed by atoms with E-state index in [1.54, 1.807) is 0 Å². The van der Waals surface area contributed by atoms with Crippen LogP contribution in [-0.4, -0.2) is 12.6 Å². The van der Waals surface area contributed by atoms with Crippen molar-refractivity contribution in [3.63, 3.8) is 0 Å². The standard InChI is InChI=1S/C13H29N/c1-7-12(8-2)11(3)14-10-9-13(4,5)6/h11-12,14H,7-10H2,1-6H3. The molecule has 0 radical (unpaired) electrons. The molecule has 0 aliphatic heterocycles. The highest BCUT2D eigenvalue weighted by atomic mass is 14.9. The third-order valence-corrected chi connectivity index (χ3v) is 3.10. The molecule has 1 heteroatoms. The summed E-state index contributed by atoms with van der Waals surface area (Å²) in [5, 5.41) is 3.64. The second-order valence-corrected chi connectivity index (χ2v) is 5.63. The molecule has 1 atom stereocenters. The Morgan fingerprint density at radius 3 is 1.93 bits per heavy atom. The molecule has 0 saturated heterocycles. The van der Waals surface area contributed by atoms with E-state index in [0.717, 1.165) is 12.5 Å². The van der Waals surface area contributed by atoms with E-state index in [1.165, 1.54) is 19.3 Å². The SMILES string of the molecule is CCC(CC)C(C)NCCC(C)(C)C. The zero-order chi connectivity index (χ0) is 11.2. The van der Waals surface area contributed by atoms with Crippen molar-refractivity contribution in [2.45, 2.75) is 66.8 Å². The molecule has 1 unspecified atom stereocenters. The van der Waals surface area contributed by atoms with Crippen LogP contribution in [0.1, 0.15) is 60.8 Å². The fourth-order valence-electron chi connectivity index (χ4n) is 1.84. The van der Waals surface area contributed by atoms with Gasteiger partial charge in [0.2, 0.25) is 0 Å². The lowest BCUT2D eigenvalue weighted by Gasteiger charge is -2.25. The molecule has 0 aromatic rings. The van der Waals surface area contributed by atoms with Gasteiger partial charge in [-0.2, -0.15) is 0 Å². The molecule has 0 amide bonds. The Morgan fingerprint density at radius 1 is 1.07 bits per heavy atom. The summed E-state index contributed by atoms with van der Waals surface area (Å²) in [6.07, 6.45) is 3.85. The third-order valence-electron chi connectivity index (χ3n) is 3.10. The van der Waals surface area contributed by atoms with Crippen LogP contribution in [0.5, 0.6) is 0 Å². The summed E-state index contributed by atoms with van der Waals surface area (Å²) < 4.78 is 0. The highest BCUT2D eigenvalue weighted by Gasteiger charge is 2.14. The Morgan fingerprint density at radius 2 is 1.57 bits per heavy atom. The monoisotopic (exact) mass is 199 g/mol. The first kappa shape index (κ1) is 14.0. The molecule has 0 fully saturated rings. The Balaban J connectivity index is 3.67. The van der Waals surface area contributed by atoms with Crippen LogP contribution in [0.3, 0.4) is 0 Å². The molecule has 0 spiro atoms. The van der Waals surface area contributed by atoms with Gasteiger partial charge in [-0.3, -0.25) is 0 Å². The van der Waals surface area contributed by atoms with Gasteiger partial charge in [-0.25, -0.2) is 0 Å². The van der Waals surface area contributed by atoms with Crippen molar-refractivity contribution >= 4 is 0 Å². The van der Waals surface area contributed by atoms with Gasteiger partial charge in [-0.1, -0.05) is 47.5 Å². The summed E-state index contributed by atoms with van der Waals surface area (Å²) in [6, 6.07) is 0.673. The van der Waals surface area contributed by atoms with Crippen LogP contribution in [-0.2, 0) is 0 Å². The molecule has 1 nitrogen and oxygen atoms in total. The lowest BCUT2D eigenvalue weighted by atomic mass is 9.91. The van der Waals surface area contributed by atoms with Crippen LogP contribution in [0.4, 0.5) is 0 Å². The summed E-state index contributed by atoms with van der Waals surface area (Å²) in [6.45, 7) is 15.0. The van der Waals surface area contributed by atoms with E-state index in [2.05, 4.69) is 46.9 Å². The van der Waals surface area contributed by atoms with Gasteiger partial charge in [0, 0.05) is 6.04 Å². The highest BCUT2D eigenvalue weighted by Crippen LogP contribution is 2.18. The second-order valence-electron chi connectivity index (χ2n) is 5.63. The zero-order valence-electron chi connectivity index (χ0n) is 11.0. The molecule has 1 N–H and O–H groups in total. The van der Waals surface area contributed by atoms with Crippen molar-refractivity contribution in [2.75, 3.05) is 6.54 Å². The summed E-state index contributed by atoms with van der Waals surface area (Å²) in [5.74, 6) is 0.843. The topological polar surface area (TPSA) is 12.0 Å². The van der Waals surface area contributed by atoms with Crippen LogP contribution in [0.2, 0.25) is 0 Å². The highest BCUT2D eigenvalue weighted by molar-refractivity contribution is 4.71. The Hall–Kier alpha value is -0.0400. The van der Waals surface area contributed by atoms with E-state index in [1.807, 2.05) is 0 Å². The maximum Gasteiger partial charge on any atom is 0.00667 e. The minimum absolute atomic E-state index is 0.459. The van der Waals surface area contributed by atoms with E-state index in [0.29, 0.717) is 11.5 Å². The first-order chi connectivity index (χ1) is 6.40. The van der Waals surface area contributed by atoms with E-state index in [4.69, 9.17) is 0 Å². The maximum atomic E-state index is 3.64. The average molecular weight is 199 g/mol. The van der Waals surface area contributed by atoms with E-state index < -0.39 is 0 Å². The molecule has 0 heterocycles. The molecule has 0 bridgehead atoms. The fraction of sp³-hybridized carbons (Fsp3) is 1.00. The quantitative estimate of drug-likeness (QED) is 0.685. The Labute approximate surface area is 90.7 Å². The molecule has 86 valence electrons. The Kier molecular flexibility index (Phi) is 6.43. The smallest absolute Gasteiger partial charge is 0.00667 e. The molecule has 14 heavy (non-hydrogen) atoms. The van der Waals surface area contributed by atoms with Crippen LogP contribution in [0.15, 0.2) is 0 Å². The maximum absolute atomic E-state index is 3.64. The van der Waals surface area contributed by atoms with Crippen molar-refractivity contribution in [1.29, 1.82) is 0 Å². The van der Waals surface area contributed by atoms with E-state index >= 15 is 0 Å². The van der Waals surface area contributed by atoms with Gasteiger partial charge in [-0.05, 0) is 31.2 Å². The molecule has 0 aliphatic carbocycles. The predicted octanol–water partition coefficient (Wildman–Crippen LogP) is 3.84. The van der Waals surface area contributed by atoms with Gasteiger partial charge < -0.3 is 5.32 Å². The fourth-order valence-corrected chi connectivity index (χ4v) is 1.84. The molecule has 0 aromatic carbocycles. The van der Waals surface area contributed by atoms with Gasteiger partial charge in [0.05, 0.1) is 0 Å². The number of rotatable bonds is 6. The van der Waals surface area contributed by atoms with Gasteiger partial charge in [0.1, 0.15) is 0 Å². The minimum atomic E-state index is 0.459. The molecule has 0 rings (SSSR count). The van der Waals surface area contributed by atoms with E-state index in [-0.39, 0.29) is 0 Å². The lowest BCUT2D eigenvalue weighted by Crippen LogP contribution is -2.35. The minimum Gasteiger partial charge on any atom is -0.314 e. The summed E-state index contributed by atoms with van der Waals surface area (Å²) in [5.41, 5.74) is 0.459.